The first kappa shape index (κ1) is 24.5. The lowest BCUT2D eigenvalue weighted by atomic mass is 10.00. The molecule has 1 heterocycles. The van der Waals surface area contributed by atoms with Gasteiger partial charge in [-0.15, -0.1) is 0 Å². The Hall–Kier alpha value is -1.74. The van der Waals surface area contributed by atoms with E-state index in [2.05, 4.69) is 17.1 Å². The van der Waals surface area contributed by atoms with E-state index in [0.717, 1.165) is 48.6 Å². The first-order valence-corrected chi connectivity index (χ1v) is 12.5. The van der Waals surface area contributed by atoms with Crippen molar-refractivity contribution >= 4 is 21.6 Å². The zero-order valence-corrected chi connectivity index (χ0v) is 18.7. The normalized spacial score (nSPS) is 17.7. The Labute approximate surface area is 178 Å². The van der Waals surface area contributed by atoms with Crippen LogP contribution in [0.4, 0.5) is 14.5 Å². The summed E-state index contributed by atoms with van der Waals surface area (Å²) in [5, 5.41) is 2.88. The fourth-order valence-corrected chi connectivity index (χ4v) is 4.88. The molecule has 1 aromatic rings. The van der Waals surface area contributed by atoms with Crippen molar-refractivity contribution in [3.05, 3.63) is 29.8 Å². The van der Waals surface area contributed by atoms with Crippen LogP contribution in [0, 0.1) is 11.6 Å². The monoisotopic (exact) mass is 445 g/mol. The summed E-state index contributed by atoms with van der Waals surface area (Å²) in [7, 11) is -3.68. The number of halogens is 2. The lowest BCUT2D eigenvalue weighted by Gasteiger charge is -2.35. The molecule has 9 heteroatoms. The Morgan fingerprint density at radius 2 is 2.00 bits per heavy atom. The summed E-state index contributed by atoms with van der Waals surface area (Å²) < 4.78 is 51.6. The van der Waals surface area contributed by atoms with Gasteiger partial charge in [-0.25, -0.2) is 17.2 Å². The van der Waals surface area contributed by atoms with Gasteiger partial charge in [0.1, 0.15) is 0 Å². The number of amides is 1. The van der Waals surface area contributed by atoms with Crippen molar-refractivity contribution in [3.63, 3.8) is 0 Å². The number of rotatable bonds is 11. The van der Waals surface area contributed by atoms with Crippen molar-refractivity contribution < 1.29 is 22.0 Å². The summed E-state index contributed by atoms with van der Waals surface area (Å²) in [6, 6.07) is 3.60. The number of carbonyl (C=O) groups is 1. The van der Waals surface area contributed by atoms with Crippen molar-refractivity contribution in [2.45, 2.75) is 57.9 Å². The molecule has 1 aliphatic heterocycles. The third-order valence-corrected chi connectivity index (χ3v) is 6.72. The molecule has 0 spiro atoms. The van der Waals surface area contributed by atoms with E-state index >= 15 is 0 Å². The van der Waals surface area contributed by atoms with Crippen LogP contribution >= 0.6 is 0 Å². The molecule has 0 saturated carbocycles. The summed E-state index contributed by atoms with van der Waals surface area (Å²) in [6.07, 6.45) is 7.25. The summed E-state index contributed by atoms with van der Waals surface area (Å²) in [4.78, 5) is 14.6. The second-order valence-electron chi connectivity index (χ2n) is 7.83. The molecule has 1 N–H and O–H groups in total. The predicted octanol–water partition coefficient (Wildman–Crippen LogP) is 3.28. The van der Waals surface area contributed by atoms with Crippen LogP contribution in [0.2, 0.25) is 0 Å². The molecule has 0 bridgehead atoms. The number of nitrogens with zero attached hydrogens (tertiary/aromatic N) is 2. The van der Waals surface area contributed by atoms with Gasteiger partial charge in [0, 0.05) is 38.2 Å². The zero-order valence-electron chi connectivity index (χ0n) is 17.9. The molecule has 1 aliphatic rings. The average Bonchev–Trinajstić information content (AvgIpc) is 2.70. The van der Waals surface area contributed by atoms with E-state index in [1.807, 2.05) is 0 Å². The number of hydrogen-bond acceptors (Lipinski definition) is 4. The minimum absolute atomic E-state index is 0.0171. The minimum atomic E-state index is -3.68. The molecular weight excluding hydrogens is 412 g/mol. The van der Waals surface area contributed by atoms with Crippen LogP contribution in [0.1, 0.15) is 51.9 Å². The molecule has 1 saturated heterocycles. The van der Waals surface area contributed by atoms with Crippen molar-refractivity contribution in [2.24, 2.45) is 0 Å². The Morgan fingerprint density at radius 1 is 1.23 bits per heavy atom. The van der Waals surface area contributed by atoms with E-state index in [4.69, 9.17) is 0 Å². The molecule has 30 heavy (non-hydrogen) atoms. The van der Waals surface area contributed by atoms with Crippen molar-refractivity contribution in [1.29, 1.82) is 0 Å². The topological polar surface area (TPSA) is 69.7 Å². The highest BCUT2D eigenvalue weighted by atomic mass is 32.2. The predicted molar refractivity (Wildman–Crippen MR) is 115 cm³/mol. The molecule has 170 valence electrons. The van der Waals surface area contributed by atoms with Crippen LogP contribution in [-0.4, -0.2) is 57.7 Å². The van der Waals surface area contributed by atoms with Crippen LogP contribution in [0.5, 0.6) is 0 Å². The molecule has 2 rings (SSSR count). The van der Waals surface area contributed by atoms with E-state index in [1.54, 1.807) is 0 Å². The molecule has 1 aromatic carbocycles. The highest BCUT2D eigenvalue weighted by molar-refractivity contribution is 7.92. The third kappa shape index (κ3) is 7.50. The molecule has 6 nitrogen and oxygen atoms in total. The maximum Gasteiger partial charge on any atom is 0.232 e. The van der Waals surface area contributed by atoms with Gasteiger partial charge in [-0.2, -0.15) is 0 Å². The van der Waals surface area contributed by atoms with Gasteiger partial charge in [0.05, 0.1) is 11.9 Å². The number of sulfonamides is 1. The first-order valence-electron chi connectivity index (χ1n) is 10.7. The maximum absolute atomic E-state index is 13.5. The Bertz CT molecular complexity index is 805. The number of nitrogens with one attached hydrogen (secondary N) is 1. The van der Waals surface area contributed by atoms with Gasteiger partial charge in [-0.05, 0) is 50.8 Å². The van der Waals surface area contributed by atoms with Crippen LogP contribution in [0.3, 0.4) is 0 Å². The zero-order chi connectivity index (χ0) is 22.1. The Morgan fingerprint density at radius 3 is 2.67 bits per heavy atom. The highest BCUT2D eigenvalue weighted by Crippen LogP contribution is 2.21. The van der Waals surface area contributed by atoms with Crippen LogP contribution in [-0.2, 0) is 14.8 Å². The maximum atomic E-state index is 13.5. The van der Waals surface area contributed by atoms with Crippen LogP contribution < -0.4 is 9.62 Å². The SMILES string of the molecule is CCC1CCCCN1CCCNC(=O)CCCN(c1ccc(F)c(F)c1)S(C)(=O)=O. The van der Waals surface area contributed by atoms with E-state index in [1.165, 1.54) is 25.3 Å². The van der Waals surface area contributed by atoms with E-state index in [0.29, 0.717) is 12.6 Å². The highest BCUT2D eigenvalue weighted by Gasteiger charge is 2.21. The third-order valence-electron chi connectivity index (χ3n) is 5.52. The summed E-state index contributed by atoms with van der Waals surface area (Å²) in [5.41, 5.74) is 0.0452. The summed E-state index contributed by atoms with van der Waals surface area (Å²) >= 11 is 0. The molecule has 1 atom stereocenters. The molecule has 0 radical (unpaired) electrons. The lowest BCUT2D eigenvalue weighted by Crippen LogP contribution is -2.40. The number of hydrogen-bond donors (Lipinski definition) is 1. The van der Waals surface area contributed by atoms with E-state index < -0.39 is 21.7 Å². The van der Waals surface area contributed by atoms with Crippen molar-refractivity contribution in [3.8, 4) is 0 Å². The largest absolute Gasteiger partial charge is 0.356 e. The average molecular weight is 446 g/mol. The quantitative estimate of drug-likeness (QED) is 0.531. The smallest absolute Gasteiger partial charge is 0.232 e. The fraction of sp³-hybridized carbons (Fsp3) is 0.667. The first-order chi connectivity index (χ1) is 14.2. The van der Waals surface area contributed by atoms with Gasteiger partial charge in [0.2, 0.25) is 15.9 Å². The van der Waals surface area contributed by atoms with Crippen molar-refractivity contribution in [2.75, 3.05) is 36.7 Å². The minimum Gasteiger partial charge on any atom is -0.356 e. The number of anilines is 1. The number of benzene rings is 1. The number of carbonyl (C=O) groups excluding carboxylic acids is 1. The number of likely N-dealkylation sites (tertiary alicyclic amines) is 1. The summed E-state index contributed by atoms with van der Waals surface area (Å²) in [5.74, 6) is -2.29. The molecule has 0 aromatic heterocycles. The van der Waals surface area contributed by atoms with Crippen molar-refractivity contribution in [1.82, 2.24) is 10.2 Å². The Balaban J connectivity index is 1.74. The molecule has 1 unspecified atom stereocenters. The van der Waals surface area contributed by atoms with E-state index in [9.17, 15) is 22.0 Å². The second-order valence-corrected chi connectivity index (χ2v) is 9.74. The molecule has 0 aliphatic carbocycles. The molecule has 1 fully saturated rings. The fourth-order valence-electron chi connectivity index (χ4n) is 3.92. The molecule has 1 amide bonds. The molecular formula is C21H33F2N3O3S. The summed E-state index contributed by atoms with van der Waals surface area (Å²) in [6.45, 7) is 4.91. The van der Waals surface area contributed by atoms with Gasteiger partial charge in [0.15, 0.2) is 11.6 Å². The number of piperidine rings is 1. The second kappa shape index (κ2) is 11.6. The van der Waals surface area contributed by atoms with Gasteiger partial charge in [-0.1, -0.05) is 13.3 Å². The Kier molecular flexibility index (Phi) is 9.48. The van der Waals surface area contributed by atoms with Crippen LogP contribution in [0.15, 0.2) is 18.2 Å². The standard InChI is InChI=1S/C21H33F2N3O3S/c1-3-17-8-4-5-13-25(17)14-7-12-24-21(27)9-6-15-26(30(2,28)29)18-10-11-19(22)20(23)16-18/h10-11,16-17H,3-9,12-15H2,1-2H3,(H,24,27). The van der Waals surface area contributed by atoms with Crippen LogP contribution in [0.25, 0.3) is 0 Å². The lowest BCUT2D eigenvalue weighted by molar-refractivity contribution is -0.121. The van der Waals surface area contributed by atoms with Gasteiger partial charge >= 0.3 is 0 Å². The van der Waals surface area contributed by atoms with Gasteiger partial charge in [-0.3, -0.25) is 9.10 Å². The van der Waals surface area contributed by atoms with Gasteiger partial charge < -0.3 is 10.2 Å². The van der Waals surface area contributed by atoms with E-state index in [-0.39, 0.29) is 31.0 Å². The van der Waals surface area contributed by atoms with Gasteiger partial charge in [0.25, 0.3) is 0 Å².